The molecule has 0 atom stereocenters. The van der Waals surface area contributed by atoms with Crippen molar-refractivity contribution in [1.82, 2.24) is 0 Å². The quantitative estimate of drug-likeness (QED) is 0.613. The molecule has 0 aliphatic heterocycles. The van der Waals surface area contributed by atoms with Crippen LogP contribution in [0.25, 0.3) is 12.2 Å². The van der Waals surface area contributed by atoms with Gasteiger partial charge in [-0.2, -0.15) is 0 Å². The van der Waals surface area contributed by atoms with E-state index < -0.39 is 0 Å². The molecule has 0 N–H and O–H groups in total. The van der Waals surface area contributed by atoms with E-state index in [4.69, 9.17) is 4.74 Å². The first-order valence-electron chi connectivity index (χ1n) is 6.54. The maximum atomic E-state index is 11.5. The van der Waals surface area contributed by atoms with E-state index in [0.29, 0.717) is 5.56 Å². The Balaban J connectivity index is 2.30. The molecule has 102 valence electrons. The zero-order valence-electron chi connectivity index (χ0n) is 12.0. The van der Waals surface area contributed by atoms with E-state index in [9.17, 15) is 4.79 Å². The molecule has 0 fully saturated rings. The van der Waals surface area contributed by atoms with Crippen molar-refractivity contribution in [3.8, 4) is 0 Å². The maximum absolute atomic E-state index is 11.5. The molecule has 2 aromatic carbocycles. The van der Waals surface area contributed by atoms with Crippen LogP contribution in [0.4, 0.5) is 0 Å². The van der Waals surface area contributed by atoms with Crippen LogP contribution in [0.3, 0.4) is 0 Å². The minimum Gasteiger partial charge on any atom is -0.465 e. The number of aryl methyl sites for hydroxylation is 2. The van der Waals surface area contributed by atoms with Crippen LogP contribution >= 0.6 is 0 Å². The molecule has 0 spiro atoms. The Morgan fingerprint density at radius 1 is 1.00 bits per heavy atom. The van der Waals surface area contributed by atoms with Crippen LogP contribution in [0.1, 0.15) is 32.6 Å². The fourth-order valence-electron chi connectivity index (χ4n) is 2.16. The van der Waals surface area contributed by atoms with Crippen LogP contribution < -0.4 is 0 Å². The second kappa shape index (κ2) is 6.20. The zero-order valence-corrected chi connectivity index (χ0v) is 12.0. The van der Waals surface area contributed by atoms with Gasteiger partial charge in [-0.05, 0) is 48.2 Å². The molecule has 0 amide bonds. The zero-order chi connectivity index (χ0) is 14.5. The standard InChI is InChI=1S/C18H18O2/c1-13-6-4-7-14(2)17(13)11-10-15-8-5-9-16(12-15)18(19)20-3/h4-12H,1-3H3. The summed E-state index contributed by atoms with van der Waals surface area (Å²) in [6.07, 6.45) is 4.10. The average Bonchev–Trinajstić information content (AvgIpc) is 2.46. The highest BCUT2D eigenvalue weighted by Crippen LogP contribution is 2.17. The summed E-state index contributed by atoms with van der Waals surface area (Å²) < 4.78 is 4.73. The minimum atomic E-state index is -0.313. The van der Waals surface area contributed by atoms with E-state index in [1.54, 1.807) is 6.07 Å². The Bertz CT molecular complexity index is 634. The van der Waals surface area contributed by atoms with Crippen molar-refractivity contribution < 1.29 is 9.53 Å². The minimum absolute atomic E-state index is 0.313. The highest BCUT2D eigenvalue weighted by atomic mass is 16.5. The normalized spacial score (nSPS) is 10.8. The number of benzene rings is 2. The second-order valence-electron chi connectivity index (χ2n) is 4.76. The first-order chi connectivity index (χ1) is 9.61. The summed E-state index contributed by atoms with van der Waals surface area (Å²) in [5.41, 5.74) is 5.25. The van der Waals surface area contributed by atoms with Crippen LogP contribution in [-0.4, -0.2) is 13.1 Å². The molecule has 0 unspecified atom stereocenters. The lowest BCUT2D eigenvalue weighted by molar-refractivity contribution is 0.0600. The van der Waals surface area contributed by atoms with Crippen LogP contribution in [0, 0.1) is 13.8 Å². The molecule has 0 bridgehead atoms. The summed E-state index contributed by atoms with van der Waals surface area (Å²) in [4.78, 5) is 11.5. The first-order valence-corrected chi connectivity index (χ1v) is 6.54. The fourth-order valence-corrected chi connectivity index (χ4v) is 2.16. The van der Waals surface area contributed by atoms with Gasteiger partial charge in [0.2, 0.25) is 0 Å². The van der Waals surface area contributed by atoms with Crippen molar-refractivity contribution >= 4 is 18.1 Å². The summed E-state index contributed by atoms with van der Waals surface area (Å²) >= 11 is 0. The van der Waals surface area contributed by atoms with Crippen LogP contribution in [0.2, 0.25) is 0 Å². The number of rotatable bonds is 3. The van der Waals surface area contributed by atoms with Gasteiger partial charge in [-0.15, -0.1) is 0 Å². The van der Waals surface area contributed by atoms with Gasteiger partial charge in [-0.25, -0.2) is 4.79 Å². The summed E-state index contributed by atoms with van der Waals surface area (Å²) in [5.74, 6) is -0.313. The Labute approximate surface area is 119 Å². The molecular weight excluding hydrogens is 248 g/mol. The second-order valence-corrected chi connectivity index (χ2v) is 4.76. The van der Waals surface area contributed by atoms with Crippen molar-refractivity contribution in [2.75, 3.05) is 7.11 Å². The van der Waals surface area contributed by atoms with Gasteiger partial charge >= 0.3 is 5.97 Å². The summed E-state index contributed by atoms with van der Waals surface area (Å²) in [6, 6.07) is 13.7. The highest BCUT2D eigenvalue weighted by Gasteiger charge is 2.04. The van der Waals surface area contributed by atoms with Gasteiger partial charge < -0.3 is 4.74 Å². The van der Waals surface area contributed by atoms with E-state index in [0.717, 1.165) is 5.56 Å². The van der Waals surface area contributed by atoms with Crippen molar-refractivity contribution in [2.45, 2.75) is 13.8 Å². The van der Waals surface area contributed by atoms with Crippen LogP contribution in [0.15, 0.2) is 42.5 Å². The molecule has 2 aromatic rings. The predicted molar refractivity (Wildman–Crippen MR) is 82.6 cm³/mol. The number of carbonyl (C=O) groups excluding carboxylic acids is 1. The Kier molecular flexibility index (Phi) is 4.36. The monoisotopic (exact) mass is 266 g/mol. The number of hydrogen-bond donors (Lipinski definition) is 0. The molecule has 0 radical (unpaired) electrons. The van der Waals surface area contributed by atoms with Crippen LogP contribution in [-0.2, 0) is 4.74 Å². The van der Waals surface area contributed by atoms with Gasteiger partial charge in [0.1, 0.15) is 0 Å². The number of methoxy groups -OCH3 is 1. The molecule has 2 rings (SSSR count). The molecule has 0 aliphatic carbocycles. The smallest absolute Gasteiger partial charge is 0.337 e. The lowest BCUT2D eigenvalue weighted by Crippen LogP contribution is -2.00. The van der Waals surface area contributed by atoms with E-state index in [2.05, 4.69) is 38.1 Å². The van der Waals surface area contributed by atoms with Gasteiger partial charge in [-0.1, -0.05) is 42.5 Å². The number of carbonyl (C=O) groups is 1. The molecule has 0 saturated heterocycles. The maximum Gasteiger partial charge on any atom is 0.337 e. The summed E-state index contributed by atoms with van der Waals surface area (Å²) in [7, 11) is 1.39. The van der Waals surface area contributed by atoms with Gasteiger partial charge in [-0.3, -0.25) is 0 Å². The van der Waals surface area contributed by atoms with Crippen molar-refractivity contribution in [2.24, 2.45) is 0 Å². The topological polar surface area (TPSA) is 26.3 Å². The Morgan fingerprint density at radius 3 is 2.30 bits per heavy atom. The molecule has 2 heteroatoms. The third-order valence-corrected chi connectivity index (χ3v) is 3.29. The van der Waals surface area contributed by atoms with Gasteiger partial charge in [0.25, 0.3) is 0 Å². The van der Waals surface area contributed by atoms with Gasteiger partial charge in [0.05, 0.1) is 12.7 Å². The first kappa shape index (κ1) is 14.1. The van der Waals surface area contributed by atoms with Gasteiger partial charge in [0.15, 0.2) is 0 Å². The molecule has 20 heavy (non-hydrogen) atoms. The van der Waals surface area contributed by atoms with E-state index >= 15 is 0 Å². The molecular formula is C18H18O2. The molecule has 0 saturated carbocycles. The number of esters is 1. The molecule has 0 heterocycles. The Hall–Kier alpha value is -2.35. The number of hydrogen-bond acceptors (Lipinski definition) is 2. The summed E-state index contributed by atoms with van der Waals surface area (Å²) in [5, 5.41) is 0. The lowest BCUT2D eigenvalue weighted by Gasteiger charge is -2.04. The average molecular weight is 266 g/mol. The number of ether oxygens (including phenoxy) is 1. The predicted octanol–water partition coefficient (Wildman–Crippen LogP) is 4.26. The third kappa shape index (κ3) is 3.15. The lowest BCUT2D eigenvalue weighted by atomic mass is 10.0. The largest absolute Gasteiger partial charge is 0.465 e. The third-order valence-electron chi connectivity index (χ3n) is 3.29. The van der Waals surface area contributed by atoms with Crippen molar-refractivity contribution in [3.05, 3.63) is 70.3 Å². The van der Waals surface area contributed by atoms with E-state index in [1.807, 2.05) is 24.3 Å². The SMILES string of the molecule is COC(=O)c1cccc(C=Cc2c(C)cccc2C)c1. The van der Waals surface area contributed by atoms with E-state index in [-0.39, 0.29) is 5.97 Å². The fraction of sp³-hybridized carbons (Fsp3) is 0.167. The van der Waals surface area contributed by atoms with Crippen molar-refractivity contribution in [3.63, 3.8) is 0 Å². The highest BCUT2D eigenvalue weighted by molar-refractivity contribution is 5.90. The molecule has 0 aliphatic rings. The molecule has 2 nitrogen and oxygen atoms in total. The summed E-state index contributed by atoms with van der Waals surface area (Å²) in [6.45, 7) is 4.19. The Morgan fingerprint density at radius 2 is 1.65 bits per heavy atom. The van der Waals surface area contributed by atoms with E-state index in [1.165, 1.54) is 23.8 Å². The van der Waals surface area contributed by atoms with Crippen LogP contribution in [0.5, 0.6) is 0 Å². The molecule has 0 aromatic heterocycles. The van der Waals surface area contributed by atoms with Crippen molar-refractivity contribution in [1.29, 1.82) is 0 Å². The van der Waals surface area contributed by atoms with Gasteiger partial charge in [0, 0.05) is 0 Å².